The lowest BCUT2D eigenvalue weighted by molar-refractivity contribution is -0.118. The van der Waals surface area contributed by atoms with Crippen molar-refractivity contribution in [2.75, 3.05) is 11.1 Å². The molecule has 0 aliphatic rings. The van der Waals surface area contributed by atoms with E-state index in [4.69, 9.17) is 5.26 Å². The van der Waals surface area contributed by atoms with Crippen LogP contribution < -0.4 is 5.32 Å². The van der Waals surface area contributed by atoms with Crippen LogP contribution in [0.2, 0.25) is 0 Å². The first-order valence-corrected chi connectivity index (χ1v) is 8.42. The lowest BCUT2D eigenvalue weighted by Crippen LogP contribution is -2.22. The molecule has 1 aromatic carbocycles. The highest BCUT2D eigenvalue weighted by Crippen LogP contribution is 2.13. The normalized spacial score (nSPS) is 11.5. The second-order valence-electron chi connectivity index (χ2n) is 5.43. The summed E-state index contributed by atoms with van der Waals surface area (Å²) in [5.74, 6) is 0.0420. The molecule has 1 heterocycles. The Kier molecular flexibility index (Phi) is 6.15. The molecule has 1 amide bonds. The van der Waals surface area contributed by atoms with Crippen molar-refractivity contribution in [2.45, 2.75) is 20.4 Å². The monoisotopic (exact) mass is 342 g/mol. The molecule has 124 valence electrons. The first-order valence-electron chi connectivity index (χ1n) is 7.43. The number of amides is 1. The molecular weight excluding hydrogens is 324 g/mol. The van der Waals surface area contributed by atoms with E-state index >= 15 is 0 Å². The highest BCUT2D eigenvalue weighted by Gasteiger charge is 2.15. The van der Waals surface area contributed by atoms with E-state index in [-0.39, 0.29) is 16.9 Å². The van der Waals surface area contributed by atoms with Gasteiger partial charge in [0, 0.05) is 24.8 Å². The summed E-state index contributed by atoms with van der Waals surface area (Å²) in [7, 11) is 0. The van der Waals surface area contributed by atoms with Gasteiger partial charge in [-0.2, -0.15) is 10.4 Å². The van der Waals surface area contributed by atoms with Gasteiger partial charge in [-0.25, -0.2) is 0 Å². The minimum atomic E-state index is -0.269. The van der Waals surface area contributed by atoms with Crippen LogP contribution in [0.1, 0.15) is 25.0 Å². The Morgan fingerprint density at radius 1 is 1.46 bits per heavy atom. The van der Waals surface area contributed by atoms with Gasteiger partial charge in [-0.15, -0.1) is 0 Å². The fourth-order valence-electron chi connectivity index (χ4n) is 2.02. The molecule has 1 aromatic heterocycles. The summed E-state index contributed by atoms with van der Waals surface area (Å²) in [6, 6.07) is 9.41. The van der Waals surface area contributed by atoms with Crippen molar-refractivity contribution in [3.63, 3.8) is 0 Å². The van der Waals surface area contributed by atoms with Gasteiger partial charge >= 0.3 is 0 Å². The average molecular weight is 342 g/mol. The molecule has 0 fully saturated rings. The fraction of sp³-hybridized carbons (Fsp3) is 0.294. The lowest BCUT2D eigenvalue weighted by atomic mass is 10.1. The summed E-state index contributed by atoms with van der Waals surface area (Å²) < 4.78 is 1.70. The molecule has 2 aromatic rings. The zero-order valence-electron chi connectivity index (χ0n) is 13.5. The molecule has 6 nitrogen and oxygen atoms in total. The Morgan fingerprint density at radius 3 is 2.96 bits per heavy atom. The fourth-order valence-corrected chi connectivity index (χ4v) is 2.66. The van der Waals surface area contributed by atoms with Crippen LogP contribution >= 0.6 is 11.8 Å². The van der Waals surface area contributed by atoms with Crippen molar-refractivity contribution in [3.8, 4) is 6.07 Å². The second kappa shape index (κ2) is 8.31. The number of anilines is 1. The third kappa shape index (κ3) is 5.25. The van der Waals surface area contributed by atoms with Gasteiger partial charge < -0.3 is 5.32 Å². The topological polar surface area (TPSA) is 87.8 Å². The van der Waals surface area contributed by atoms with Gasteiger partial charge in [0.1, 0.15) is 0 Å². The number of aromatic nitrogens is 2. The number of nitrogens with zero attached hydrogens (tertiary/aromatic N) is 3. The van der Waals surface area contributed by atoms with E-state index in [0.717, 1.165) is 17.3 Å². The number of thioether (sulfide) groups is 1. The van der Waals surface area contributed by atoms with Gasteiger partial charge in [0.05, 0.1) is 30.1 Å². The summed E-state index contributed by atoms with van der Waals surface area (Å²) in [6.45, 7) is 3.78. The Hall–Kier alpha value is -2.59. The number of rotatable bonds is 6. The third-order valence-electron chi connectivity index (χ3n) is 3.29. The second-order valence-corrected chi connectivity index (χ2v) is 6.63. The Bertz CT molecular complexity index is 779. The molecule has 1 atom stereocenters. The van der Waals surface area contributed by atoms with Crippen molar-refractivity contribution in [3.05, 3.63) is 47.8 Å². The van der Waals surface area contributed by atoms with E-state index in [1.807, 2.05) is 12.1 Å². The van der Waals surface area contributed by atoms with E-state index < -0.39 is 0 Å². The summed E-state index contributed by atoms with van der Waals surface area (Å²) >= 11 is 1.14. The van der Waals surface area contributed by atoms with E-state index in [0.29, 0.717) is 23.5 Å². The van der Waals surface area contributed by atoms with Gasteiger partial charge in [0.15, 0.2) is 5.12 Å². The van der Waals surface area contributed by atoms with Crippen LogP contribution in [0.4, 0.5) is 5.69 Å². The molecular formula is C17H18N4O2S. The maximum Gasteiger partial charge on any atom is 0.228 e. The van der Waals surface area contributed by atoms with Gasteiger partial charge in [0.25, 0.3) is 0 Å². The molecule has 0 unspecified atom stereocenters. The number of hydrogen-bond donors (Lipinski definition) is 1. The van der Waals surface area contributed by atoms with E-state index in [2.05, 4.69) is 16.5 Å². The first-order chi connectivity index (χ1) is 11.5. The standard InChI is InChI=1S/C17H18N4O2S/c1-12(11-24-13(2)22)17(23)20-16-8-19-21(10-16)9-15-5-3-4-14(6-15)7-18/h3-6,8,10,12H,9,11H2,1-2H3,(H,20,23)/t12-/m0/s1. The number of benzene rings is 1. The molecule has 0 saturated heterocycles. The van der Waals surface area contributed by atoms with Gasteiger partial charge in [-0.1, -0.05) is 30.8 Å². The predicted molar refractivity (Wildman–Crippen MR) is 93.4 cm³/mol. The first kappa shape index (κ1) is 17.8. The zero-order valence-corrected chi connectivity index (χ0v) is 14.3. The Morgan fingerprint density at radius 2 is 2.25 bits per heavy atom. The SMILES string of the molecule is CC(=O)SC[C@H](C)C(=O)Nc1cnn(Cc2cccc(C#N)c2)c1. The van der Waals surface area contributed by atoms with Crippen molar-refractivity contribution in [1.82, 2.24) is 9.78 Å². The van der Waals surface area contributed by atoms with Crippen molar-refractivity contribution in [1.29, 1.82) is 5.26 Å². The molecule has 0 spiro atoms. The molecule has 2 rings (SSSR count). The van der Waals surface area contributed by atoms with Crippen LogP contribution in [-0.4, -0.2) is 26.6 Å². The Balaban J connectivity index is 1.94. The third-order valence-corrected chi connectivity index (χ3v) is 4.36. The molecule has 1 N–H and O–H groups in total. The summed E-state index contributed by atoms with van der Waals surface area (Å²) in [4.78, 5) is 23.0. The van der Waals surface area contributed by atoms with Crippen LogP contribution in [0.3, 0.4) is 0 Å². The molecule has 7 heteroatoms. The molecule has 24 heavy (non-hydrogen) atoms. The van der Waals surface area contributed by atoms with Crippen LogP contribution in [-0.2, 0) is 16.1 Å². The van der Waals surface area contributed by atoms with Crippen LogP contribution in [0.15, 0.2) is 36.7 Å². The maximum absolute atomic E-state index is 12.1. The lowest BCUT2D eigenvalue weighted by Gasteiger charge is -2.09. The summed E-state index contributed by atoms with van der Waals surface area (Å²) in [6.07, 6.45) is 3.32. The number of carbonyl (C=O) groups excluding carboxylic acids is 2. The highest BCUT2D eigenvalue weighted by atomic mass is 32.2. The molecule has 0 bridgehead atoms. The van der Waals surface area contributed by atoms with Gasteiger partial charge in [-0.3, -0.25) is 14.3 Å². The smallest absolute Gasteiger partial charge is 0.228 e. The minimum Gasteiger partial charge on any atom is -0.323 e. The number of hydrogen-bond acceptors (Lipinski definition) is 5. The molecule has 0 aliphatic heterocycles. The van der Waals surface area contributed by atoms with Crippen molar-refractivity contribution in [2.24, 2.45) is 5.92 Å². The number of nitrogens with one attached hydrogen (secondary N) is 1. The van der Waals surface area contributed by atoms with E-state index in [1.54, 1.807) is 36.1 Å². The summed E-state index contributed by atoms with van der Waals surface area (Å²) in [5, 5.41) is 15.9. The van der Waals surface area contributed by atoms with Crippen LogP contribution in [0, 0.1) is 17.2 Å². The van der Waals surface area contributed by atoms with Crippen LogP contribution in [0.5, 0.6) is 0 Å². The molecule has 0 radical (unpaired) electrons. The largest absolute Gasteiger partial charge is 0.323 e. The predicted octanol–water partition coefficient (Wildman–Crippen LogP) is 2.66. The van der Waals surface area contributed by atoms with Crippen molar-refractivity contribution >= 4 is 28.5 Å². The van der Waals surface area contributed by atoms with E-state index in [9.17, 15) is 9.59 Å². The zero-order chi connectivity index (χ0) is 17.5. The van der Waals surface area contributed by atoms with Gasteiger partial charge in [0.2, 0.25) is 5.91 Å². The van der Waals surface area contributed by atoms with Crippen LogP contribution in [0.25, 0.3) is 0 Å². The average Bonchev–Trinajstić information content (AvgIpc) is 2.99. The summed E-state index contributed by atoms with van der Waals surface area (Å²) in [5.41, 5.74) is 2.17. The maximum atomic E-state index is 12.1. The Labute approximate surface area is 144 Å². The number of nitriles is 1. The minimum absolute atomic E-state index is 0.00192. The molecule has 0 aliphatic carbocycles. The van der Waals surface area contributed by atoms with Crippen molar-refractivity contribution < 1.29 is 9.59 Å². The highest BCUT2D eigenvalue weighted by molar-refractivity contribution is 8.13. The van der Waals surface area contributed by atoms with Gasteiger partial charge in [-0.05, 0) is 17.7 Å². The molecule has 0 saturated carbocycles. The number of carbonyl (C=O) groups is 2. The van der Waals surface area contributed by atoms with E-state index in [1.165, 1.54) is 6.92 Å². The quantitative estimate of drug-likeness (QED) is 0.872.